The molecule has 4 heterocycles. The van der Waals surface area contributed by atoms with Gasteiger partial charge in [-0.2, -0.15) is 0 Å². The molecule has 1 aromatic carbocycles. The molecule has 1 amide bonds. The van der Waals surface area contributed by atoms with Gasteiger partial charge in [0.05, 0.1) is 17.8 Å². The van der Waals surface area contributed by atoms with Crippen molar-refractivity contribution in [1.29, 1.82) is 0 Å². The molecule has 8 nitrogen and oxygen atoms in total. The maximum Gasteiger partial charge on any atom is 0.265 e. The first-order valence-corrected chi connectivity index (χ1v) is 10.3. The lowest BCUT2D eigenvalue weighted by molar-refractivity contribution is 0.0994. The summed E-state index contributed by atoms with van der Waals surface area (Å²) < 4.78 is 7.67. The van der Waals surface area contributed by atoms with Gasteiger partial charge < -0.3 is 15.8 Å². The number of hydrogen-bond acceptors (Lipinski definition) is 6. The zero-order valence-electron chi connectivity index (χ0n) is 16.9. The van der Waals surface area contributed by atoms with E-state index in [1.165, 1.54) is 0 Å². The van der Waals surface area contributed by atoms with E-state index in [0.717, 1.165) is 36.0 Å². The lowest BCUT2D eigenvalue weighted by Gasteiger charge is -2.15. The average Bonchev–Trinajstić information content (AvgIpc) is 3.08. The highest BCUT2D eigenvalue weighted by molar-refractivity contribution is 5.92. The van der Waals surface area contributed by atoms with Crippen molar-refractivity contribution in [2.75, 3.05) is 11.9 Å². The highest BCUT2D eigenvalue weighted by Crippen LogP contribution is 2.33. The first kappa shape index (κ1) is 19.0. The number of pyridine rings is 1. The van der Waals surface area contributed by atoms with Crippen molar-refractivity contribution in [2.45, 2.75) is 25.8 Å². The van der Waals surface area contributed by atoms with Crippen molar-refractivity contribution >= 4 is 17.2 Å². The SMILES string of the molecule is NC(=O)c1cccc2c(-c3nc4c(c(NCc5ccccc5)n3)OCCCC4)ncn12. The Morgan fingerprint density at radius 1 is 1.10 bits per heavy atom. The van der Waals surface area contributed by atoms with Crippen molar-refractivity contribution in [3.63, 3.8) is 0 Å². The van der Waals surface area contributed by atoms with Gasteiger partial charge in [-0.05, 0) is 37.0 Å². The normalized spacial score (nSPS) is 13.3. The first-order chi connectivity index (χ1) is 15.2. The molecule has 5 rings (SSSR count). The van der Waals surface area contributed by atoms with Gasteiger partial charge in [-0.1, -0.05) is 36.4 Å². The molecular formula is C23H22N6O2. The molecular weight excluding hydrogens is 392 g/mol. The summed E-state index contributed by atoms with van der Waals surface area (Å²) in [5.74, 6) is 1.33. The summed E-state index contributed by atoms with van der Waals surface area (Å²) in [6.07, 6.45) is 4.35. The number of carbonyl (C=O) groups excluding carboxylic acids is 1. The Kier molecular flexibility index (Phi) is 4.95. The third-order valence-corrected chi connectivity index (χ3v) is 5.33. The Labute approximate surface area is 179 Å². The molecule has 3 N–H and O–H groups in total. The van der Waals surface area contributed by atoms with Crippen LogP contribution in [-0.2, 0) is 13.0 Å². The second-order valence-corrected chi connectivity index (χ2v) is 7.44. The standard InChI is InChI=1S/C23H22N6O2/c24-21(30)18-11-6-10-17-19(26-14-29(17)18)22-27-16-9-4-5-12-31-20(16)23(28-22)25-13-15-7-2-1-3-8-15/h1-3,6-8,10-11,14H,4-5,9,12-13H2,(H2,24,30)(H,25,27,28). The molecule has 0 bridgehead atoms. The largest absolute Gasteiger partial charge is 0.488 e. The molecule has 1 aliphatic heterocycles. The number of rotatable bonds is 5. The molecule has 0 fully saturated rings. The van der Waals surface area contributed by atoms with E-state index in [1.54, 1.807) is 22.9 Å². The van der Waals surface area contributed by atoms with Crippen LogP contribution in [0.15, 0.2) is 54.9 Å². The van der Waals surface area contributed by atoms with Gasteiger partial charge in [0.1, 0.15) is 17.7 Å². The van der Waals surface area contributed by atoms with Crippen molar-refractivity contribution in [3.05, 3.63) is 71.8 Å². The molecule has 4 aromatic rings. The number of hydrogen-bond donors (Lipinski definition) is 2. The minimum absolute atomic E-state index is 0.358. The number of fused-ring (bicyclic) bond motifs is 2. The summed E-state index contributed by atoms with van der Waals surface area (Å²) in [6, 6.07) is 15.4. The maximum atomic E-state index is 11.8. The summed E-state index contributed by atoms with van der Waals surface area (Å²) in [5.41, 5.74) is 9.19. The van der Waals surface area contributed by atoms with E-state index >= 15 is 0 Å². The molecule has 0 unspecified atom stereocenters. The van der Waals surface area contributed by atoms with Crippen molar-refractivity contribution < 1.29 is 9.53 Å². The molecule has 0 spiro atoms. The summed E-state index contributed by atoms with van der Waals surface area (Å²) in [6.45, 7) is 1.26. The van der Waals surface area contributed by atoms with Crippen LogP contribution in [0.4, 0.5) is 5.82 Å². The predicted molar refractivity (Wildman–Crippen MR) is 117 cm³/mol. The number of nitrogens with one attached hydrogen (secondary N) is 1. The maximum absolute atomic E-state index is 11.8. The summed E-state index contributed by atoms with van der Waals surface area (Å²) in [4.78, 5) is 25.8. The number of anilines is 1. The fourth-order valence-electron chi connectivity index (χ4n) is 3.79. The van der Waals surface area contributed by atoms with Gasteiger partial charge in [-0.3, -0.25) is 9.20 Å². The molecule has 3 aromatic heterocycles. The number of aromatic nitrogens is 4. The number of aryl methyl sites for hydroxylation is 1. The molecule has 0 saturated carbocycles. The minimum atomic E-state index is -0.518. The van der Waals surface area contributed by atoms with Gasteiger partial charge in [0.2, 0.25) is 0 Å². The molecule has 0 aliphatic carbocycles. The van der Waals surface area contributed by atoms with E-state index in [4.69, 9.17) is 20.4 Å². The van der Waals surface area contributed by atoms with E-state index in [9.17, 15) is 4.79 Å². The van der Waals surface area contributed by atoms with Crippen LogP contribution in [-0.4, -0.2) is 31.9 Å². The molecule has 0 radical (unpaired) electrons. The van der Waals surface area contributed by atoms with Gasteiger partial charge >= 0.3 is 0 Å². The molecule has 31 heavy (non-hydrogen) atoms. The van der Waals surface area contributed by atoms with Crippen LogP contribution in [0.2, 0.25) is 0 Å². The Morgan fingerprint density at radius 2 is 1.97 bits per heavy atom. The fourth-order valence-corrected chi connectivity index (χ4v) is 3.79. The highest BCUT2D eigenvalue weighted by atomic mass is 16.5. The van der Waals surface area contributed by atoms with Crippen molar-refractivity contribution in [3.8, 4) is 17.3 Å². The molecule has 0 saturated heterocycles. The smallest absolute Gasteiger partial charge is 0.265 e. The van der Waals surface area contributed by atoms with Crippen LogP contribution in [0.1, 0.15) is 34.6 Å². The molecule has 1 aliphatic rings. The number of nitrogens with two attached hydrogens (primary N) is 1. The Balaban J connectivity index is 1.59. The lowest BCUT2D eigenvalue weighted by atomic mass is 10.2. The number of carbonyl (C=O) groups is 1. The fraction of sp³-hybridized carbons (Fsp3) is 0.217. The van der Waals surface area contributed by atoms with E-state index in [0.29, 0.717) is 41.9 Å². The van der Waals surface area contributed by atoms with E-state index in [1.807, 2.05) is 24.3 Å². The Morgan fingerprint density at radius 3 is 2.81 bits per heavy atom. The molecule has 0 atom stereocenters. The van der Waals surface area contributed by atoms with E-state index in [2.05, 4.69) is 22.4 Å². The minimum Gasteiger partial charge on any atom is -0.488 e. The van der Waals surface area contributed by atoms with E-state index < -0.39 is 5.91 Å². The zero-order chi connectivity index (χ0) is 21.2. The quantitative estimate of drug-likeness (QED) is 0.519. The first-order valence-electron chi connectivity index (χ1n) is 10.3. The number of amides is 1. The number of nitrogens with zero attached hydrogens (tertiary/aromatic N) is 4. The van der Waals surface area contributed by atoms with Gasteiger partial charge in [0.15, 0.2) is 17.4 Å². The highest BCUT2D eigenvalue weighted by Gasteiger charge is 2.21. The average molecular weight is 414 g/mol. The van der Waals surface area contributed by atoms with Crippen LogP contribution in [0.5, 0.6) is 5.75 Å². The second-order valence-electron chi connectivity index (χ2n) is 7.44. The van der Waals surface area contributed by atoms with Crippen LogP contribution in [0, 0.1) is 0 Å². The number of ether oxygens (including phenoxy) is 1. The Bertz CT molecular complexity index is 1250. The predicted octanol–water partition coefficient (Wildman–Crippen LogP) is 3.22. The van der Waals surface area contributed by atoms with Crippen LogP contribution >= 0.6 is 0 Å². The van der Waals surface area contributed by atoms with Crippen molar-refractivity contribution in [1.82, 2.24) is 19.4 Å². The third-order valence-electron chi connectivity index (χ3n) is 5.33. The van der Waals surface area contributed by atoms with Gasteiger partial charge in [0.25, 0.3) is 5.91 Å². The Hall–Kier alpha value is -3.94. The second kappa shape index (κ2) is 8.06. The van der Waals surface area contributed by atoms with E-state index in [-0.39, 0.29) is 0 Å². The number of primary amides is 1. The van der Waals surface area contributed by atoms with Crippen LogP contribution in [0.3, 0.4) is 0 Å². The van der Waals surface area contributed by atoms with Gasteiger partial charge in [-0.25, -0.2) is 15.0 Å². The number of benzene rings is 1. The van der Waals surface area contributed by atoms with Gasteiger partial charge in [0, 0.05) is 6.54 Å². The monoisotopic (exact) mass is 414 g/mol. The van der Waals surface area contributed by atoms with Crippen LogP contribution < -0.4 is 15.8 Å². The molecule has 156 valence electrons. The summed E-state index contributed by atoms with van der Waals surface area (Å²) >= 11 is 0. The summed E-state index contributed by atoms with van der Waals surface area (Å²) in [5, 5.41) is 3.41. The third kappa shape index (κ3) is 3.68. The van der Waals surface area contributed by atoms with Crippen LogP contribution in [0.25, 0.3) is 17.0 Å². The molecule has 8 heteroatoms. The zero-order valence-corrected chi connectivity index (χ0v) is 16.9. The van der Waals surface area contributed by atoms with Gasteiger partial charge in [-0.15, -0.1) is 0 Å². The topological polar surface area (TPSA) is 107 Å². The summed E-state index contributed by atoms with van der Waals surface area (Å²) in [7, 11) is 0. The number of imidazole rings is 1. The van der Waals surface area contributed by atoms with Crippen molar-refractivity contribution in [2.24, 2.45) is 5.73 Å². The lowest BCUT2D eigenvalue weighted by Crippen LogP contribution is -2.14.